The van der Waals surface area contributed by atoms with Gasteiger partial charge in [-0.15, -0.1) is 0 Å². The van der Waals surface area contributed by atoms with Gasteiger partial charge in [0.2, 0.25) is 0 Å². The molecule has 149 heavy (non-hydrogen) atoms. The van der Waals surface area contributed by atoms with Crippen LogP contribution < -0.4 is 37.2 Å². The minimum Gasteiger partial charge on any atom is -0.381 e. The highest BCUT2D eigenvalue weighted by Crippen LogP contribution is 2.38. The minimum absolute atomic E-state index is 0.241. The summed E-state index contributed by atoms with van der Waals surface area (Å²) < 4.78 is 26.6. The van der Waals surface area contributed by atoms with Gasteiger partial charge in [0.15, 0.2) is 5.65 Å². The first-order valence-electron chi connectivity index (χ1n) is 51.3. The highest BCUT2D eigenvalue weighted by Gasteiger charge is 2.28. The highest BCUT2D eigenvalue weighted by molar-refractivity contribution is 6.42. The zero-order valence-corrected chi connectivity index (χ0v) is 91.1. The molecule has 15 aromatic rings. The molecular formula is C113H130Cl7N21O8. The van der Waals surface area contributed by atoms with Crippen LogP contribution in [-0.2, 0) is 46.9 Å². The summed E-state index contributed by atoms with van der Waals surface area (Å²) >= 11 is 45.1. The van der Waals surface area contributed by atoms with Gasteiger partial charge in [0, 0.05) is 213 Å². The molecule has 36 heteroatoms. The average molecular weight is 2160 g/mol. The number of carbonyl (C=O) groups is 5. The van der Waals surface area contributed by atoms with E-state index in [-0.39, 0.29) is 29.5 Å². The number of pyridine rings is 5. The van der Waals surface area contributed by atoms with E-state index in [0.29, 0.717) is 105 Å². The van der Waals surface area contributed by atoms with Crippen LogP contribution in [0.2, 0.25) is 35.2 Å². The van der Waals surface area contributed by atoms with E-state index >= 15 is 0 Å². The lowest BCUT2D eigenvalue weighted by molar-refractivity contribution is 0.0361. The van der Waals surface area contributed by atoms with Crippen LogP contribution in [0, 0.1) is 48.5 Å². The molecule has 0 radical (unpaired) electrons. The van der Waals surface area contributed by atoms with Gasteiger partial charge >= 0.3 is 0 Å². The smallest absolute Gasteiger partial charge is 0.258 e. The van der Waals surface area contributed by atoms with Crippen LogP contribution >= 0.6 is 81.2 Å². The largest absolute Gasteiger partial charge is 0.381 e. The molecular weight excluding hydrogens is 2030 g/mol. The van der Waals surface area contributed by atoms with Crippen LogP contribution in [0.3, 0.4) is 0 Å². The third kappa shape index (κ3) is 28.5. The van der Waals surface area contributed by atoms with Crippen LogP contribution in [0.5, 0.6) is 0 Å². The topological polar surface area (TPSA) is 309 Å². The number of nitrogens with zero attached hydrogens (tertiary/aromatic N) is 14. The van der Waals surface area contributed by atoms with Gasteiger partial charge < -0.3 is 79.5 Å². The zero-order valence-electron chi connectivity index (χ0n) is 85.8. The molecule has 5 aliphatic heterocycles. The fourth-order valence-electron chi connectivity index (χ4n) is 19.4. The van der Waals surface area contributed by atoms with Crippen molar-refractivity contribution in [1.29, 1.82) is 0 Å². The van der Waals surface area contributed by atoms with Crippen molar-refractivity contribution in [3.63, 3.8) is 0 Å². The summed E-state index contributed by atoms with van der Waals surface area (Å²) in [5.41, 5.74) is 17.7. The standard InChI is InChI=1S/C23H28ClN5O2.C23H27ClN4O2.C23H27ClN4O.C22H24Cl2N4O2.C22H24Cl2N4O/c1-15(2)17-4-6-18(7-5-17)26-23(30)19-14-25-22-20(21(19)24)16(3)27-29(22)9-8-28-10-12-31-13-11-28;1-15-3-5-18(6-4-15)27-23(29)19-13-26-22-20(21(19)24)16(2)14-28(22)10-9-25-17-7-11-30-12-8-17;1-16-6-8-18(9-7-16)26-23(29)19-14-25-22-20(21(19)24)17(2)15-28(22)13-5-12-27-10-3-4-11-27;1-14-13-28(9-8-25-16-6-10-30-11-7-16)21-19(14)20(24)18(12-26-21)22(29)27-17-4-2-15(23)3-5-17;1-15-14-28(12-4-11-27-9-2-3-10-27)21-19(15)20(24)18(13-25-21)22(29)26-17-7-5-16(23)6-8-17/h4-7,14-15H,8-13H2,1-3H3,(H,26,30);3-6,13-14,17,25H,7-12H2,1-2H3,(H,27,29);6-9,14-15H,3-5,10-13H2,1-2H3,(H,26,29);2-5,12-13,16,25H,6-11H2,1H3,(H,27,29);5-8,13-14H,2-4,9-12H2,1H3,(H,26,29). The van der Waals surface area contributed by atoms with Crippen molar-refractivity contribution in [2.24, 2.45) is 0 Å². The molecule has 5 amide bonds. The molecule has 29 nitrogen and oxygen atoms in total. The maximum absolute atomic E-state index is 12.9. The van der Waals surface area contributed by atoms with E-state index in [0.717, 1.165) is 256 Å². The number of benzene rings is 5. The van der Waals surface area contributed by atoms with E-state index in [1.54, 1.807) is 67.1 Å². The van der Waals surface area contributed by atoms with Crippen molar-refractivity contribution in [1.82, 2.24) is 78.3 Å². The Hall–Kier alpha value is -11.5. The second-order valence-corrected chi connectivity index (χ2v) is 41.7. The second kappa shape index (κ2) is 52.5. The predicted octanol–water partition coefficient (Wildman–Crippen LogP) is 23.5. The summed E-state index contributed by atoms with van der Waals surface area (Å²) in [5, 5.41) is 33.7. The number of morpholine rings is 1. The van der Waals surface area contributed by atoms with Gasteiger partial charge in [-0.3, -0.25) is 28.9 Å². The SMILES string of the molecule is Cc1ccc(NC(=O)c2cnc3c(c(C)cn3CCCN3CCCC3)c2Cl)cc1.Cc1ccc(NC(=O)c2cnc3c(c(C)cn3CCNC3CCOCC3)c2Cl)cc1.Cc1cn(CCCN2CCCC2)c2ncc(C(=O)Nc3ccc(Cl)cc3)c(Cl)c12.Cc1cn(CCNC2CCOCC2)c2ncc(C(=O)Nc3ccc(Cl)cc3)c(Cl)c12.Cc1nn(CCN2CCOCC2)c2ncc(C(=O)Nc3ccc(C(C)C)cc3)c(Cl)c12. The van der Waals surface area contributed by atoms with Gasteiger partial charge in [0.25, 0.3) is 29.5 Å². The number of halogens is 7. The molecule has 0 spiro atoms. The summed E-state index contributed by atoms with van der Waals surface area (Å²) in [4.78, 5) is 94.1. The van der Waals surface area contributed by atoms with Crippen molar-refractivity contribution in [3.05, 3.63) is 285 Å². The number of likely N-dealkylation sites (tertiary alicyclic amines) is 2. The first-order valence-corrected chi connectivity index (χ1v) is 53.9. The summed E-state index contributed by atoms with van der Waals surface area (Å²) in [5.74, 6) is -0.926. The van der Waals surface area contributed by atoms with Gasteiger partial charge in [-0.1, -0.05) is 143 Å². The number of amides is 5. The molecule has 10 aromatic heterocycles. The molecule has 0 aliphatic carbocycles. The number of hydrogen-bond acceptors (Lipinski definition) is 19. The number of aromatic nitrogens is 11. The lowest BCUT2D eigenvalue weighted by Gasteiger charge is -2.26. The van der Waals surface area contributed by atoms with Gasteiger partial charge in [0.1, 0.15) is 22.6 Å². The van der Waals surface area contributed by atoms with Crippen LogP contribution in [0.1, 0.15) is 180 Å². The molecule has 0 saturated carbocycles. The Labute approximate surface area is 904 Å². The molecule has 0 unspecified atom stereocenters. The van der Waals surface area contributed by atoms with E-state index in [9.17, 15) is 24.0 Å². The molecule has 0 bridgehead atoms. The van der Waals surface area contributed by atoms with Crippen molar-refractivity contribution >= 4 is 194 Å². The Balaban J connectivity index is 0.000000133. The van der Waals surface area contributed by atoms with E-state index in [1.807, 2.05) is 132 Å². The molecule has 5 fully saturated rings. The molecule has 0 atom stereocenters. The number of fused-ring (bicyclic) bond motifs is 5. The number of rotatable bonds is 30. The van der Waals surface area contributed by atoms with Crippen LogP contribution in [0.4, 0.5) is 28.4 Å². The molecule has 7 N–H and O–H groups in total. The van der Waals surface area contributed by atoms with Crippen LogP contribution in [0.25, 0.3) is 55.2 Å². The zero-order chi connectivity index (χ0) is 105. The fraction of sp³-hybridized carbons (Fsp3) is 0.389. The molecule has 20 rings (SSSR count). The minimum atomic E-state index is -0.301. The Bertz CT molecular complexity index is 6830. The normalized spacial score (nSPS) is 14.8. The number of nitrogens with one attached hydrogen (secondary N) is 7. The van der Waals surface area contributed by atoms with E-state index < -0.39 is 0 Å². The summed E-state index contributed by atoms with van der Waals surface area (Å²) in [6.07, 6.45) is 27.6. The van der Waals surface area contributed by atoms with E-state index in [4.69, 9.17) is 95.4 Å². The third-order valence-electron chi connectivity index (χ3n) is 27.7. The molecule has 784 valence electrons. The maximum Gasteiger partial charge on any atom is 0.258 e. The van der Waals surface area contributed by atoms with Crippen molar-refractivity contribution in [2.45, 2.75) is 177 Å². The Morgan fingerprint density at radius 2 is 0.611 bits per heavy atom. The number of ether oxygens (including phenoxy) is 3. The quantitative estimate of drug-likeness (QED) is 0.0220. The first-order chi connectivity index (χ1) is 72.0. The summed E-state index contributed by atoms with van der Waals surface area (Å²) in [6, 6.07) is 38.1. The van der Waals surface area contributed by atoms with Crippen molar-refractivity contribution < 1.29 is 38.2 Å². The van der Waals surface area contributed by atoms with Gasteiger partial charge in [-0.05, 0) is 271 Å². The van der Waals surface area contributed by atoms with E-state index in [1.165, 1.54) is 69.8 Å². The van der Waals surface area contributed by atoms with Crippen molar-refractivity contribution in [3.8, 4) is 0 Å². The number of hydrogen-bond donors (Lipinski definition) is 7. The Morgan fingerprint density at radius 1 is 0.329 bits per heavy atom. The summed E-state index contributed by atoms with van der Waals surface area (Å²) in [6.45, 7) is 38.6. The average Bonchev–Trinajstić information content (AvgIpc) is 1.65. The monoisotopic (exact) mass is 2150 g/mol. The third-order valence-corrected chi connectivity index (χ3v) is 30.2. The number of aryl methyl sites for hydroxylation is 9. The molecule has 5 aromatic carbocycles. The van der Waals surface area contributed by atoms with Gasteiger partial charge in [0.05, 0.1) is 83.8 Å². The number of carbonyl (C=O) groups excluding carboxylic acids is 5. The second-order valence-electron chi connectivity index (χ2n) is 39.0. The predicted molar refractivity (Wildman–Crippen MR) is 602 cm³/mol. The van der Waals surface area contributed by atoms with Crippen LogP contribution in [-0.4, -0.2) is 221 Å². The summed E-state index contributed by atoms with van der Waals surface area (Å²) in [7, 11) is 0. The van der Waals surface area contributed by atoms with Crippen LogP contribution in [0.15, 0.2) is 177 Å². The maximum atomic E-state index is 12.9. The molecule has 5 saturated heterocycles. The molecule has 5 aliphatic rings. The highest BCUT2D eigenvalue weighted by atomic mass is 35.5. The fourth-order valence-corrected chi connectivity index (χ4v) is 21.5. The van der Waals surface area contributed by atoms with Gasteiger partial charge in [-0.2, -0.15) is 5.10 Å². The first kappa shape index (κ1) is 110. The lowest BCUT2D eigenvalue weighted by atomic mass is 10.0. The van der Waals surface area contributed by atoms with Gasteiger partial charge in [-0.25, -0.2) is 29.6 Å². The Kier molecular flexibility index (Phi) is 38.8. The Morgan fingerprint density at radius 3 is 0.933 bits per heavy atom. The molecule has 15 heterocycles. The van der Waals surface area contributed by atoms with Crippen molar-refractivity contribution in [2.75, 3.05) is 138 Å². The number of anilines is 5. The lowest BCUT2D eigenvalue weighted by Crippen LogP contribution is -2.38. The van der Waals surface area contributed by atoms with E-state index in [2.05, 4.69) is 133 Å².